The Balaban J connectivity index is 1.52. The third-order valence-electron chi connectivity index (χ3n) is 4.66. The quantitative estimate of drug-likeness (QED) is 0.750. The van der Waals surface area contributed by atoms with Gasteiger partial charge in [0.1, 0.15) is 5.60 Å². The van der Waals surface area contributed by atoms with E-state index in [0.717, 1.165) is 0 Å². The smallest absolute Gasteiger partial charge is 0.238 e. The molecule has 0 unspecified atom stereocenters. The number of carbonyl (C=O) groups is 2. The summed E-state index contributed by atoms with van der Waals surface area (Å²) in [6.07, 6.45) is 2.76. The molecule has 3 rings (SSSR count). The first-order valence-corrected chi connectivity index (χ1v) is 8.98. The van der Waals surface area contributed by atoms with Crippen LogP contribution in [-0.2, 0) is 15.2 Å². The van der Waals surface area contributed by atoms with Crippen molar-refractivity contribution in [2.45, 2.75) is 25.4 Å². The average molecular weight is 368 g/mol. The highest BCUT2D eigenvalue weighted by Gasteiger charge is 2.35. The number of anilines is 2. The first kappa shape index (κ1) is 19.0. The summed E-state index contributed by atoms with van der Waals surface area (Å²) >= 11 is 0. The number of aromatic nitrogens is 1. The van der Waals surface area contributed by atoms with Gasteiger partial charge in [-0.05, 0) is 43.2 Å². The van der Waals surface area contributed by atoms with E-state index in [0.29, 0.717) is 43.0 Å². The van der Waals surface area contributed by atoms with Gasteiger partial charge in [-0.3, -0.25) is 19.5 Å². The second-order valence-electron chi connectivity index (χ2n) is 6.83. The molecule has 0 spiro atoms. The molecule has 1 aromatic carbocycles. The number of benzene rings is 1. The monoisotopic (exact) mass is 368 g/mol. The molecule has 7 heteroatoms. The number of hydrogen-bond donors (Lipinski definition) is 3. The van der Waals surface area contributed by atoms with Gasteiger partial charge in [-0.2, -0.15) is 0 Å². The summed E-state index contributed by atoms with van der Waals surface area (Å²) in [5.41, 5.74) is 1.02. The molecule has 1 aromatic heterocycles. The van der Waals surface area contributed by atoms with Gasteiger partial charge in [0, 0.05) is 37.6 Å². The van der Waals surface area contributed by atoms with Gasteiger partial charge >= 0.3 is 0 Å². The minimum atomic E-state index is -0.930. The molecule has 0 atom stereocenters. The van der Waals surface area contributed by atoms with E-state index in [1.807, 2.05) is 23.1 Å². The lowest BCUT2D eigenvalue weighted by Crippen LogP contribution is -2.45. The van der Waals surface area contributed by atoms with Crippen LogP contribution in [0.25, 0.3) is 0 Å². The Kier molecular flexibility index (Phi) is 5.83. The standard InChI is InChI=1S/C20H24N4O3/c1-15(25)22-16-5-4-6-17(13-16)23-19(26)14-24-11-8-20(27,9-12-24)18-7-2-3-10-21-18/h2-7,10,13,27H,8-9,11-12,14H2,1H3,(H,22,25)(H,23,26). The van der Waals surface area contributed by atoms with Gasteiger partial charge in [-0.15, -0.1) is 0 Å². The molecule has 3 N–H and O–H groups in total. The van der Waals surface area contributed by atoms with Crippen molar-refractivity contribution in [3.8, 4) is 0 Å². The normalized spacial score (nSPS) is 16.5. The molecule has 1 aliphatic rings. The number of carbonyl (C=O) groups excluding carboxylic acids is 2. The molecular formula is C20H24N4O3. The van der Waals surface area contributed by atoms with Gasteiger partial charge in [-0.25, -0.2) is 0 Å². The lowest BCUT2D eigenvalue weighted by Gasteiger charge is -2.37. The van der Waals surface area contributed by atoms with E-state index in [1.54, 1.807) is 30.5 Å². The van der Waals surface area contributed by atoms with E-state index in [-0.39, 0.29) is 18.4 Å². The van der Waals surface area contributed by atoms with Crippen molar-refractivity contribution in [2.24, 2.45) is 0 Å². The number of rotatable bonds is 5. The molecule has 27 heavy (non-hydrogen) atoms. The zero-order valence-electron chi connectivity index (χ0n) is 15.3. The minimum absolute atomic E-state index is 0.127. The van der Waals surface area contributed by atoms with Crippen LogP contribution in [0.15, 0.2) is 48.7 Å². The number of nitrogens with zero attached hydrogens (tertiary/aromatic N) is 2. The van der Waals surface area contributed by atoms with Crippen LogP contribution in [0.1, 0.15) is 25.5 Å². The molecule has 0 aliphatic carbocycles. The third kappa shape index (κ3) is 5.12. The van der Waals surface area contributed by atoms with Crippen LogP contribution >= 0.6 is 0 Å². The number of nitrogens with one attached hydrogen (secondary N) is 2. The zero-order chi connectivity index (χ0) is 19.3. The highest BCUT2D eigenvalue weighted by molar-refractivity contribution is 5.94. The SMILES string of the molecule is CC(=O)Nc1cccc(NC(=O)CN2CCC(O)(c3ccccn3)CC2)c1. The Labute approximate surface area is 158 Å². The van der Waals surface area contributed by atoms with Gasteiger partial charge in [0.15, 0.2) is 0 Å². The molecule has 1 saturated heterocycles. The molecule has 0 radical (unpaired) electrons. The molecule has 2 heterocycles. The van der Waals surface area contributed by atoms with Crippen LogP contribution < -0.4 is 10.6 Å². The van der Waals surface area contributed by atoms with Crippen LogP contribution in [0.5, 0.6) is 0 Å². The van der Waals surface area contributed by atoms with Crippen LogP contribution in [0.3, 0.4) is 0 Å². The minimum Gasteiger partial charge on any atom is -0.383 e. The largest absolute Gasteiger partial charge is 0.383 e. The summed E-state index contributed by atoms with van der Waals surface area (Å²) in [7, 11) is 0. The molecule has 142 valence electrons. The summed E-state index contributed by atoms with van der Waals surface area (Å²) in [6.45, 7) is 2.93. The van der Waals surface area contributed by atoms with Gasteiger partial charge in [0.05, 0.1) is 12.2 Å². The lowest BCUT2D eigenvalue weighted by molar-refractivity contribution is -0.118. The number of likely N-dealkylation sites (tertiary alicyclic amines) is 1. The molecule has 2 aromatic rings. The Morgan fingerprint density at radius 1 is 1.11 bits per heavy atom. The van der Waals surface area contributed by atoms with Crippen molar-refractivity contribution in [2.75, 3.05) is 30.3 Å². The van der Waals surface area contributed by atoms with Gasteiger partial charge in [0.25, 0.3) is 0 Å². The van der Waals surface area contributed by atoms with Crippen molar-refractivity contribution in [1.29, 1.82) is 0 Å². The Hall–Kier alpha value is -2.77. The molecule has 0 bridgehead atoms. The number of piperidine rings is 1. The molecule has 7 nitrogen and oxygen atoms in total. The van der Waals surface area contributed by atoms with Crippen LogP contribution in [0.4, 0.5) is 11.4 Å². The number of amides is 2. The zero-order valence-corrected chi connectivity index (χ0v) is 15.3. The maximum absolute atomic E-state index is 12.3. The predicted octanol–water partition coefficient (Wildman–Crippen LogP) is 1.96. The van der Waals surface area contributed by atoms with E-state index in [4.69, 9.17) is 0 Å². The topological polar surface area (TPSA) is 94.6 Å². The highest BCUT2D eigenvalue weighted by Crippen LogP contribution is 2.31. The first-order chi connectivity index (χ1) is 12.9. The first-order valence-electron chi connectivity index (χ1n) is 8.98. The number of hydrogen-bond acceptors (Lipinski definition) is 5. The van der Waals surface area contributed by atoms with Crippen molar-refractivity contribution in [1.82, 2.24) is 9.88 Å². The van der Waals surface area contributed by atoms with E-state index in [9.17, 15) is 14.7 Å². The van der Waals surface area contributed by atoms with Crippen LogP contribution in [0, 0.1) is 0 Å². The Bertz CT molecular complexity index is 802. The van der Waals surface area contributed by atoms with Gasteiger partial charge in [0.2, 0.25) is 11.8 Å². The predicted molar refractivity (Wildman–Crippen MR) is 103 cm³/mol. The fourth-order valence-electron chi connectivity index (χ4n) is 3.26. The molecule has 1 fully saturated rings. The summed E-state index contributed by atoms with van der Waals surface area (Å²) in [5, 5.41) is 16.3. The van der Waals surface area contributed by atoms with Crippen molar-refractivity contribution in [3.05, 3.63) is 54.4 Å². The number of aliphatic hydroxyl groups is 1. The van der Waals surface area contributed by atoms with Gasteiger partial charge < -0.3 is 15.7 Å². The summed E-state index contributed by atoms with van der Waals surface area (Å²) < 4.78 is 0. The fourth-order valence-corrected chi connectivity index (χ4v) is 3.26. The van der Waals surface area contributed by atoms with Gasteiger partial charge in [-0.1, -0.05) is 12.1 Å². The molecular weight excluding hydrogens is 344 g/mol. The van der Waals surface area contributed by atoms with E-state index >= 15 is 0 Å². The molecule has 1 aliphatic heterocycles. The molecule has 0 saturated carbocycles. The Morgan fingerprint density at radius 2 is 1.81 bits per heavy atom. The van der Waals surface area contributed by atoms with E-state index < -0.39 is 5.60 Å². The second kappa shape index (κ2) is 8.28. The van der Waals surface area contributed by atoms with Crippen molar-refractivity contribution < 1.29 is 14.7 Å². The molecule has 2 amide bonds. The maximum Gasteiger partial charge on any atom is 0.238 e. The maximum atomic E-state index is 12.3. The second-order valence-corrected chi connectivity index (χ2v) is 6.83. The number of pyridine rings is 1. The summed E-state index contributed by atoms with van der Waals surface area (Å²) in [6, 6.07) is 12.6. The van der Waals surface area contributed by atoms with Crippen LogP contribution in [0.2, 0.25) is 0 Å². The van der Waals surface area contributed by atoms with E-state index in [1.165, 1.54) is 6.92 Å². The van der Waals surface area contributed by atoms with Crippen molar-refractivity contribution >= 4 is 23.2 Å². The van der Waals surface area contributed by atoms with E-state index in [2.05, 4.69) is 15.6 Å². The lowest BCUT2D eigenvalue weighted by atomic mass is 9.88. The fraction of sp³-hybridized carbons (Fsp3) is 0.350. The van der Waals surface area contributed by atoms with Crippen molar-refractivity contribution in [3.63, 3.8) is 0 Å². The summed E-state index contributed by atoms with van der Waals surface area (Å²) in [4.78, 5) is 29.8. The van der Waals surface area contributed by atoms with Crippen LogP contribution in [-0.4, -0.2) is 46.4 Å². The average Bonchev–Trinajstić information content (AvgIpc) is 2.64. The highest BCUT2D eigenvalue weighted by atomic mass is 16.3. The summed E-state index contributed by atoms with van der Waals surface area (Å²) in [5.74, 6) is -0.287. The third-order valence-corrected chi connectivity index (χ3v) is 4.66. The Morgan fingerprint density at radius 3 is 2.44 bits per heavy atom.